The minimum atomic E-state index is -3.96. The lowest BCUT2D eigenvalue weighted by Crippen LogP contribution is -2.46. The predicted molar refractivity (Wildman–Crippen MR) is 97.3 cm³/mol. The number of nitrogen functional groups attached to an aromatic ring is 1. The molecule has 1 aromatic carbocycles. The molecule has 1 aliphatic rings. The Kier molecular flexibility index (Phi) is 4.72. The Morgan fingerprint density at radius 2 is 1.96 bits per heavy atom. The van der Waals surface area contributed by atoms with Gasteiger partial charge in [0.2, 0.25) is 10.0 Å². The number of rotatable bonds is 5. The van der Waals surface area contributed by atoms with E-state index in [4.69, 9.17) is 10.5 Å². The van der Waals surface area contributed by atoms with Gasteiger partial charge in [0.15, 0.2) is 17.7 Å². The van der Waals surface area contributed by atoms with Gasteiger partial charge in [0.1, 0.15) is 24.1 Å². The van der Waals surface area contributed by atoms with Crippen LogP contribution >= 0.6 is 0 Å². The van der Waals surface area contributed by atoms with Crippen molar-refractivity contribution in [1.29, 1.82) is 0 Å². The molecule has 148 valence electrons. The van der Waals surface area contributed by atoms with Crippen LogP contribution in [-0.4, -0.2) is 63.0 Å². The van der Waals surface area contributed by atoms with Crippen LogP contribution in [0.5, 0.6) is 0 Å². The number of imidazole rings is 1. The molecule has 4 rings (SSSR count). The number of anilines is 1. The Labute approximate surface area is 159 Å². The van der Waals surface area contributed by atoms with E-state index < -0.39 is 41.1 Å². The molecule has 1 saturated heterocycles. The molecular formula is C16H18N6O5S. The largest absolute Gasteiger partial charge is 0.394 e. The highest BCUT2D eigenvalue weighted by Gasteiger charge is 2.47. The molecule has 28 heavy (non-hydrogen) atoms. The normalized spacial score (nSPS) is 25.4. The first-order valence-electron chi connectivity index (χ1n) is 8.37. The third kappa shape index (κ3) is 3.10. The summed E-state index contributed by atoms with van der Waals surface area (Å²) in [5, 5.41) is 20.1. The average Bonchev–Trinajstić information content (AvgIpc) is 3.25. The molecule has 0 saturated carbocycles. The number of ether oxygens (including phenoxy) is 1. The second-order valence-electron chi connectivity index (χ2n) is 6.28. The maximum Gasteiger partial charge on any atom is 0.241 e. The summed E-state index contributed by atoms with van der Waals surface area (Å²) in [5.41, 5.74) is 6.42. The molecule has 1 aliphatic heterocycles. The van der Waals surface area contributed by atoms with Crippen molar-refractivity contribution in [2.45, 2.75) is 29.4 Å². The molecule has 0 spiro atoms. The quantitative estimate of drug-likeness (QED) is 0.416. The van der Waals surface area contributed by atoms with Gasteiger partial charge in [-0.3, -0.25) is 4.57 Å². The number of hydrogen-bond donors (Lipinski definition) is 4. The van der Waals surface area contributed by atoms with Crippen LogP contribution in [0, 0.1) is 0 Å². The first-order chi connectivity index (χ1) is 13.4. The molecule has 12 heteroatoms. The lowest BCUT2D eigenvalue weighted by Gasteiger charge is -2.22. The number of fused-ring (bicyclic) bond motifs is 1. The van der Waals surface area contributed by atoms with Crippen molar-refractivity contribution in [3.8, 4) is 0 Å². The number of benzene rings is 1. The van der Waals surface area contributed by atoms with E-state index in [0.717, 1.165) is 0 Å². The van der Waals surface area contributed by atoms with E-state index >= 15 is 0 Å². The molecule has 4 atom stereocenters. The predicted octanol–water partition coefficient (Wildman–Crippen LogP) is -0.994. The minimum Gasteiger partial charge on any atom is -0.394 e. The minimum absolute atomic E-state index is 0.0375. The summed E-state index contributed by atoms with van der Waals surface area (Å²) >= 11 is 0. The van der Waals surface area contributed by atoms with E-state index in [-0.39, 0.29) is 10.7 Å². The van der Waals surface area contributed by atoms with Gasteiger partial charge < -0.3 is 20.7 Å². The fourth-order valence-electron chi connectivity index (χ4n) is 3.16. The standard InChI is InChI=1S/C16H18N6O5S/c17-14-12-15(19-7-18-14)22(8-20-12)16-11(13(24)10(6-23)27-16)21-28(25,26)9-4-2-1-3-5-9/h1-5,7-8,10-11,13,16,21,23-24H,6H2,(H2,17,18,19)/t10-,11-,13-,16-/m1/s1. The van der Waals surface area contributed by atoms with Crippen LogP contribution in [0.15, 0.2) is 47.9 Å². The van der Waals surface area contributed by atoms with Crippen LogP contribution in [0.4, 0.5) is 5.82 Å². The Balaban J connectivity index is 1.74. The Hall–Kier alpha value is -2.64. The highest BCUT2D eigenvalue weighted by molar-refractivity contribution is 7.89. The summed E-state index contributed by atoms with van der Waals surface area (Å²) in [5.74, 6) is 0.155. The maximum atomic E-state index is 12.8. The lowest BCUT2D eigenvalue weighted by atomic mass is 10.1. The van der Waals surface area contributed by atoms with Gasteiger partial charge in [-0.2, -0.15) is 0 Å². The molecule has 3 aromatic rings. The van der Waals surface area contributed by atoms with Crippen molar-refractivity contribution in [3.05, 3.63) is 43.0 Å². The van der Waals surface area contributed by atoms with Gasteiger partial charge in [0, 0.05) is 0 Å². The molecule has 0 bridgehead atoms. The van der Waals surface area contributed by atoms with Gasteiger partial charge in [-0.1, -0.05) is 18.2 Å². The molecule has 0 radical (unpaired) electrons. The SMILES string of the molecule is Nc1ncnc2c1ncn2[C@@H]1O[C@H](CO)[C@@H](O)[C@H]1NS(=O)(=O)c1ccccc1. The van der Waals surface area contributed by atoms with Crippen LogP contribution in [-0.2, 0) is 14.8 Å². The summed E-state index contributed by atoms with van der Waals surface area (Å²) in [7, 11) is -3.96. The fourth-order valence-corrected chi connectivity index (χ4v) is 4.43. The zero-order valence-electron chi connectivity index (χ0n) is 14.5. The Bertz CT molecular complexity index is 1090. The molecule has 2 aromatic heterocycles. The molecule has 5 N–H and O–H groups in total. The summed E-state index contributed by atoms with van der Waals surface area (Å²) < 4.78 is 35.1. The number of aromatic nitrogens is 4. The van der Waals surface area contributed by atoms with Crippen LogP contribution in [0.25, 0.3) is 11.2 Å². The first-order valence-corrected chi connectivity index (χ1v) is 9.85. The second-order valence-corrected chi connectivity index (χ2v) is 8.00. The van der Waals surface area contributed by atoms with E-state index in [1.807, 2.05) is 0 Å². The van der Waals surface area contributed by atoms with Gasteiger partial charge in [0.05, 0.1) is 23.9 Å². The van der Waals surface area contributed by atoms with E-state index in [2.05, 4.69) is 19.7 Å². The van der Waals surface area contributed by atoms with Crippen molar-refractivity contribution in [2.24, 2.45) is 0 Å². The number of nitrogens with two attached hydrogens (primary N) is 1. The number of aliphatic hydroxyl groups excluding tert-OH is 2. The number of nitrogens with one attached hydrogen (secondary N) is 1. The van der Waals surface area contributed by atoms with Crippen molar-refractivity contribution < 1.29 is 23.4 Å². The molecule has 0 unspecified atom stereocenters. The Morgan fingerprint density at radius 1 is 1.21 bits per heavy atom. The van der Waals surface area contributed by atoms with Crippen LogP contribution in [0.2, 0.25) is 0 Å². The van der Waals surface area contributed by atoms with Crippen LogP contribution in [0.3, 0.4) is 0 Å². The molecule has 0 aliphatic carbocycles. The van der Waals surface area contributed by atoms with E-state index in [0.29, 0.717) is 11.2 Å². The third-order valence-corrected chi connectivity index (χ3v) is 6.03. The van der Waals surface area contributed by atoms with Crippen LogP contribution < -0.4 is 10.5 Å². The van der Waals surface area contributed by atoms with Gasteiger partial charge in [-0.25, -0.2) is 28.1 Å². The van der Waals surface area contributed by atoms with E-state index in [9.17, 15) is 18.6 Å². The molecule has 11 nitrogen and oxygen atoms in total. The number of sulfonamides is 1. The molecule has 3 heterocycles. The highest BCUT2D eigenvalue weighted by Crippen LogP contribution is 2.32. The van der Waals surface area contributed by atoms with Crippen molar-refractivity contribution in [1.82, 2.24) is 24.2 Å². The topological polar surface area (TPSA) is 165 Å². The molecular weight excluding hydrogens is 388 g/mol. The van der Waals surface area contributed by atoms with Gasteiger partial charge in [-0.15, -0.1) is 0 Å². The third-order valence-electron chi connectivity index (χ3n) is 4.56. The van der Waals surface area contributed by atoms with Gasteiger partial charge in [-0.05, 0) is 12.1 Å². The molecule has 1 fully saturated rings. The summed E-state index contributed by atoms with van der Waals surface area (Å²) in [4.78, 5) is 12.2. The first kappa shape index (κ1) is 18.7. The number of aliphatic hydroxyl groups is 2. The number of nitrogens with zero attached hydrogens (tertiary/aromatic N) is 4. The van der Waals surface area contributed by atoms with Crippen molar-refractivity contribution in [3.63, 3.8) is 0 Å². The average molecular weight is 406 g/mol. The zero-order valence-corrected chi connectivity index (χ0v) is 15.3. The Morgan fingerprint density at radius 3 is 2.68 bits per heavy atom. The number of hydrogen-bond acceptors (Lipinski definition) is 9. The maximum absolute atomic E-state index is 12.8. The highest BCUT2D eigenvalue weighted by atomic mass is 32.2. The van der Waals surface area contributed by atoms with Gasteiger partial charge in [0.25, 0.3) is 0 Å². The van der Waals surface area contributed by atoms with Crippen molar-refractivity contribution >= 4 is 27.0 Å². The summed E-state index contributed by atoms with van der Waals surface area (Å²) in [6, 6.07) is 6.64. The lowest BCUT2D eigenvalue weighted by molar-refractivity contribution is -0.0438. The zero-order chi connectivity index (χ0) is 19.9. The fraction of sp³-hybridized carbons (Fsp3) is 0.312. The monoisotopic (exact) mass is 406 g/mol. The van der Waals surface area contributed by atoms with E-state index in [1.165, 1.54) is 29.4 Å². The van der Waals surface area contributed by atoms with E-state index in [1.54, 1.807) is 18.2 Å². The second kappa shape index (κ2) is 7.07. The van der Waals surface area contributed by atoms with Gasteiger partial charge >= 0.3 is 0 Å². The summed E-state index contributed by atoms with van der Waals surface area (Å²) in [6.45, 7) is -0.495. The van der Waals surface area contributed by atoms with Crippen LogP contribution in [0.1, 0.15) is 6.23 Å². The smallest absolute Gasteiger partial charge is 0.241 e. The van der Waals surface area contributed by atoms with Crippen molar-refractivity contribution in [2.75, 3.05) is 12.3 Å². The summed E-state index contributed by atoms with van der Waals surface area (Å²) in [6.07, 6.45) is -0.690. The molecule has 0 amide bonds.